The molecule has 0 aromatic carbocycles. The lowest BCUT2D eigenvalue weighted by atomic mass is 9.91. The number of aromatic nitrogens is 5. The normalized spacial score (nSPS) is 16.1. The zero-order valence-corrected chi connectivity index (χ0v) is 16.7. The van der Waals surface area contributed by atoms with Crippen molar-refractivity contribution in [1.82, 2.24) is 24.7 Å². The van der Waals surface area contributed by atoms with Crippen LogP contribution in [-0.2, 0) is 18.9 Å². The highest BCUT2D eigenvalue weighted by atomic mass is 19.4. The number of rotatable bonds is 3. The van der Waals surface area contributed by atoms with Gasteiger partial charge >= 0.3 is 6.18 Å². The zero-order chi connectivity index (χ0) is 23.1. The number of hydrogen-bond acceptors (Lipinski definition) is 6. The molecule has 1 aliphatic rings. The molecule has 0 aliphatic carbocycles. The summed E-state index contributed by atoms with van der Waals surface area (Å²) >= 11 is 0. The van der Waals surface area contributed by atoms with Crippen molar-refractivity contribution in [2.45, 2.75) is 24.7 Å². The maximum atomic E-state index is 15.5. The van der Waals surface area contributed by atoms with Crippen LogP contribution in [0.2, 0.25) is 0 Å². The molecule has 1 saturated heterocycles. The first kappa shape index (κ1) is 21.6. The van der Waals surface area contributed by atoms with Gasteiger partial charge in [-0.05, 0) is 18.2 Å². The molecule has 12 heteroatoms. The summed E-state index contributed by atoms with van der Waals surface area (Å²) in [7, 11) is 1.62. The summed E-state index contributed by atoms with van der Waals surface area (Å²) in [5.74, 6) is -0.655. The number of pyridine rings is 2. The number of anilines is 1. The van der Waals surface area contributed by atoms with Crippen molar-refractivity contribution >= 4 is 5.69 Å². The van der Waals surface area contributed by atoms with Crippen LogP contribution in [0, 0.1) is 17.3 Å². The summed E-state index contributed by atoms with van der Waals surface area (Å²) in [4.78, 5) is 8.83. The molecule has 1 aliphatic heterocycles. The third-order valence-electron chi connectivity index (χ3n) is 5.39. The number of piperidine rings is 1. The molecular formula is C20H16F5N7. The van der Waals surface area contributed by atoms with Gasteiger partial charge in [0.1, 0.15) is 18.1 Å². The Morgan fingerprint density at radius 3 is 2.44 bits per heavy atom. The van der Waals surface area contributed by atoms with Gasteiger partial charge in [-0.25, -0.2) is 14.4 Å². The second-order valence-electron chi connectivity index (χ2n) is 7.45. The number of nitrogens with zero attached hydrogens (tertiary/aromatic N) is 7. The van der Waals surface area contributed by atoms with E-state index in [1.165, 1.54) is 17.0 Å². The van der Waals surface area contributed by atoms with E-state index in [1.807, 2.05) is 0 Å². The average molecular weight is 449 g/mol. The van der Waals surface area contributed by atoms with E-state index in [0.717, 1.165) is 12.3 Å². The molecule has 3 aromatic heterocycles. The van der Waals surface area contributed by atoms with E-state index in [1.54, 1.807) is 18.0 Å². The second-order valence-corrected chi connectivity index (χ2v) is 7.45. The van der Waals surface area contributed by atoms with E-state index in [2.05, 4.69) is 20.2 Å². The predicted octanol–water partition coefficient (Wildman–Crippen LogP) is 3.77. The first-order valence-corrected chi connectivity index (χ1v) is 9.55. The Balaban J connectivity index is 1.77. The molecule has 0 spiro atoms. The molecule has 7 nitrogen and oxygen atoms in total. The Bertz CT molecular complexity index is 1170. The summed E-state index contributed by atoms with van der Waals surface area (Å²) < 4.78 is 70.5. The maximum Gasteiger partial charge on any atom is 0.433 e. The molecule has 4 rings (SSSR count). The van der Waals surface area contributed by atoms with E-state index >= 15 is 4.39 Å². The fraction of sp³-hybridized carbons (Fsp3) is 0.350. The van der Waals surface area contributed by atoms with Crippen LogP contribution in [0.5, 0.6) is 0 Å². The first-order valence-electron chi connectivity index (χ1n) is 9.55. The number of halogens is 5. The SMILES string of the molecule is Cn1cnnc1C1(F)CCN(c2c(C#N)cc(C(F)(F)F)nc2-c2ccc(F)nc2)CC1. The first-order chi connectivity index (χ1) is 15.1. The van der Waals surface area contributed by atoms with E-state index < -0.39 is 23.5 Å². The van der Waals surface area contributed by atoms with Gasteiger partial charge in [-0.1, -0.05) is 0 Å². The summed E-state index contributed by atoms with van der Waals surface area (Å²) in [5.41, 5.74) is -3.24. The molecule has 0 bridgehead atoms. The highest BCUT2D eigenvalue weighted by molar-refractivity contribution is 5.80. The molecule has 0 saturated carbocycles. The summed E-state index contributed by atoms with van der Waals surface area (Å²) in [6.45, 7) is 0.180. The molecule has 3 aromatic rings. The molecule has 0 atom stereocenters. The number of alkyl halides is 4. The van der Waals surface area contributed by atoms with Crippen molar-refractivity contribution in [3.05, 3.63) is 53.8 Å². The van der Waals surface area contributed by atoms with E-state index in [0.29, 0.717) is 6.07 Å². The van der Waals surface area contributed by atoms with Gasteiger partial charge in [-0.2, -0.15) is 22.8 Å². The standard InChI is InChI=1S/C20H16F5N7/c1-31-11-28-30-18(31)19(22)4-6-32(7-5-19)17-13(9-26)8-14(20(23,24)25)29-16(17)12-2-3-15(21)27-10-12/h2-3,8,10-11H,4-7H2,1H3. The van der Waals surface area contributed by atoms with Gasteiger partial charge < -0.3 is 9.47 Å². The van der Waals surface area contributed by atoms with Crippen LogP contribution >= 0.6 is 0 Å². The molecule has 4 heterocycles. The minimum Gasteiger partial charge on any atom is -0.368 e. The van der Waals surface area contributed by atoms with Crippen LogP contribution in [0.1, 0.15) is 29.9 Å². The molecule has 1 fully saturated rings. The van der Waals surface area contributed by atoms with Crippen LogP contribution in [0.3, 0.4) is 0 Å². The zero-order valence-electron chi connectivity index (χ0n) is 16.7. The van der Waals surface area contributed by atoms with Crippen LogP contribution < -0.4 is 4.90 Å². The Morgan fingerprint density at radius 2 is 1.91 bits per heavy atom. The molecule has 0 radical (unpaired) electrons. The van der Waals surface area contributed by atoms with Crippen molar-refractivity contribution in [1.29, 1.82) is 5.26 Å². The molecule has 0 N–H and O–H groups in total. The predicted molar refractivity (Wildman–Crippen MR) is 102 cm³/mol. The average Bonchev–Trinajstić information content (AvgIpc) is 3.20. The van der Waals surface area contributed by atoms with Gasteiger partial charge in [0.15, 0.2) is 11.5 Å². The van der Waals surface area contributed by atoms with Gasteiger partial charge in [-0.15, -0.1) is 10.2 Å². The lowest BCUT2D eigenvalue weighted by molar-refractivity contribution is -0.141. The summed E-state index contributed by atoms with van der Waals surface area (Å²) in [6, 6.07) is 4.68. The number of nitriles is 1. The quantitative estimate of drug-likeness (QED) is 0.447. The van der Waals surface area contributed by atoms with Crippen molar-refractivity contribution < 1.29 is 22.0 Å². The fourth-order valence-corrected chi connectivity index (χ4v) is 3.80. The Hall–Kier alpha value is -3.62. The van der Waals surface area contributed by atoms with Gasteiger partial charge in [-0.3, -0.25) is 0 Å². The fourth-order valence-electron chi connectivity index (χ4n) is 3.80. The second kappa shape index (κ2) is 7.81. The van der Waals surface area contributed by atoms with E-state index in [-0.39, 0.29) is 54.3 Å². The molecular weight excluding hydrogens is 433 g/mol. The third-order valence-corrected chi connectivity index (χ3v) is 5.39. The third kappa shape index (κ3) is 3.86. The lowest BCUT2D eigenvalue weighted by Crippen LogP contribution is -2.42. The van der Waals surface area contributed by atoms with Crippen LogP contribution in [0.25, 0.3) is 11.3 Å². The number of aryl methyl sites for hydroxylation is 1. The minimum atomic E-state index is -4.80. The lowest BCUT2D eigenvalue weighted by Gasteiger charge is -2.38. The number of hydrogen-bond donors (Lipinski definition) is 0. The van der Waals surface area contributed by atoms with Crippen LogP contribution in [0.4, 0.5) is 27.6 Å². The molecule has 166 valence electrons. The highest BCUT2D eigenvalue weighted by Crippen LogP contribution is 2.42. The van der Waals surface area contributed by atoms with Gasteiger partial charge in [0, 0.05) is 44.7 Å². The van der Waals surface area contributed by atoms with Crippen molar-refractivity contribution in [2.24, 2.45) is 7.05 Å². The van der Waals surface area contributed by atoms with E-state index in [4.69, 9.17) is 0 Å². The van der Waals surface area contributed by atoms with Crippen molar-refractivity contribution in [3.8, 4) is 17.3 Å². The Morgan fingerprint density at radius 1 is 1.19 bits per heavy atom. The largest absolute Gasteiger partial charge is 0.433 e. The monoisotopic (exact) mass is 449 g/mol. The molecule has 0 amide bonds. The van der Waals surface area contributed by atoms with Crippen LogP contribution in [0.15, 0.2) is 30.7 Å². The molecule has 0 unspecified atom stereocenters. The van der Waals surface area contributed by atoms with Gasteiger partial charge in [0.05, 0.1) is 16.9 Å². The van der Waals surface area contributed by atoms with Gasteiger partial charge in [0.2, 0.25) is 5.95 Å². The van der Waals surface area contributed by atoms with Crippen LogP contribution in [-0.4, -0.2) is 37.8 Å². The smallest absolute Gasteiger partial charge is 0.368 e. The highest BCUT2D eigenvalue weighted by Gasteiger charge is 2.42. The maximum absolute atomic E-state index is 15.5. The topological polar surface area (TPSA) is 83.5 Å². The van der Waals surface area contributed by atoms with E-state index in [9.17, 15) is 22.8 Å². The summed E-state index contributed by atoms with van der Waals surface area (Å²) in [6.07, 6.45) is -2.41. The van der Waals surface area contributed by atoms with Crippen molar-refractivity contribution in [3.63, 3.8) is 0 Å². The van der Waals surface area contributed by atoms with Gasteiger partial charge in [0.25, 0.3) is 0 Å². The Labute approximate surface area is 179 Å². The minimum absolute atomic E-state index is 0.0213. The molecule has 32 heavy (non-hydrogen) atoms. The van der Waals surface area contributed by atoms with Crippen molar-refractivity contribution in [2.75, 3.05) is 18.0 Å². The summed E-state index contributed by atoms with van der Waals surface area (Å²) in [5, 5.41) is 17.1. The Kier molecular flexibility index (Phi) is 5.28.